The Bertz CT molecular complexity index is 165. The summed E-state index contributed by atoms with van der Waals surface area (Å²) < 4.78 is 5.36. The second kappa shape index (κ2) is 8.04. The molecule has 0 amide bonds. The molecule has 96 valence electrons. The van der Waals surface area contributed by atoms with Crippen molar-refractivity contribution in [1.29, 1.82) is 0 Å². The smallest absolute Gasteiger partial charge is 0.0507 e. The molecule has 1 aliphatic rings. The summed E-state index contributed by atoms with van der Waals surface area (Å²) in [5.74, 6) is 0.749. The lowest BCUT2D eigenvalue weighted by molar-refractivity contribution is 0.184. The van der Waals surface area contributed by atoms with Crippen LogP contribution in [-0.4, -0.2) is 50.8 Å². The van der Waals surface area contributed by atoms with E-state index in [-0.39, 0.29) is 0 Å². The fourth-order valence-corrected chi connectivity index (χ4v) is 2.40. The Balaban J connectivity index is 2.00. The van der Waals surface area contributed by atoms with E-state index in [0.29, 0.717) is 0 Å². The van der Waals surface area contributed by atoms with E-state index in [1.807, 2.05) is 0 Å². The minimum Gasteiger partial charge on any atom is -0.381 e. The van der Waals surface area contributed by atoms with Crippen molar-refractivity contribution in [3.63, 3.8) is 0 Å². The highest BCUT2D eigenvalue weighted by Gasteiger charge is 2.15. The molecule has 0 aromatic heterocycles. The molecule has 3 heteroatoms. The quantitative estimate of drug-likeness (QED) is 0.640. The predicted octanol–water partition coefficient (Wildman–Crippen LogP) is 1.73. The number of nitrogens with one attached hydrogen (secondary N) is 1. The summed E-state index contributed by atoms with van der Waals surface area (Å²) in [6, 6.07) is 0.747. The van der Waals surface area contributed by atoms with Crippen LogP contribution in [0.2, 0.25) is 0 Å². The van der Waals surface area contributed by atoms with Crippen LogP contribution >= 0.6 is 0 Å². The molecule has 1 N–H and O–H groups in total. The van der Waals surface area contributed by atoms with E-state index < -0.39 is 0 Å². The van der Waals surface area contributed by atoms with Gasteiger partial charge in [-0.2, -0.15) is 0 Å². The lowest BCUT2D eigenvalue weighted by Gasteiger charge is -2.26. The van der Waals surface area contributed by atoms with Gasteiger partial charge >= 0.3 is 0 Å². The standard InChI is InChI=1S/C13H28N2O/c1-4-13(5-2)15(3)8-7-14-10-12-6-9-16-11-12/h12-14H,4-11H2,1-3H3. The van der Waals surface area contributed by atoms with Crippen LogP contribution in [-0.2, 0) is 4.74 Å². The van der Waals surface area contributed by atoms with Crippen molar-refractivity contribution in [2.75, 3.05) is 39.9 Å². The maximum atomic E-state index is 5.36. The molecule has 1 heterocycles. The molecule has 1 aliphatic heterocycles. The summed E-state index contributed by atoms with van der Waals surface area (Å²) in [5.41, 5.74) is 0. The monoisotopic (exact) mass is 228 g/mol. The molecule has 16 heavy (non-hydrogen) atoms. The molecule has 3 nitrogen and oxygen atoms in total. The van der Waals surface area contributed by atoms with Crippen LogP contribution in [0.25, 0.3) is 0 Å². The zero-order valence-corrected chi connectivity index (χ0v) is 11.2. The van der Waals surface area contributed by atoms with Gasteiger partial charge in [0.25, 0.3) is 0 Å². The molecular formula is C13H28N2O. The van der Waals surface area contributed by atoms with Gasteiger partial charge in [-0.05, 0) is 32.2 Å². The zero-order valence-electron chi connectivity index (χ0n) is 11.2. The lowest BCUT2D eigenvalue weighted by Crippen LogP contribution is -2.37. The van der Waals surface area contributed by atoms with Crippen molar-refractivity contribution in [2.24, 2.45) is 5.92 Å². The average Bonchev–Trinajstić information content (AvgIpc) is 2.79. The average molecular weight is 228 g/mol. The largest absolute Gasteiger partial charge is 0.381 e. The first-order valence-corrected chi connectivity index (χ1v) is 6.76. The van der Waals surface area contributed by atoms with Crippen molar-refractivity contribution in [1.82, 2.24) is 10.2 Å². The van der Waals surface area contributed by atoms with Crippen molar-refractivity contribution >= 4 is 0 Å². The molecule has 0 aliphatic carbocycles. The maximum absolute atomic E-state index is 5.36. The molecule has 1 unspecified atom stereocenters. The van der Waals surface area contributed by atoms with Gasteiger partial charge in [-0.15, -0.1) is 0 Å². The van der Waals surface area contributed by atoms with E-state index in [0.717, 1.165) is 44.8 Å². The number of rotatable bonds is 8. The van der Waals surface area contributed by atoms with Gasteiger partial charge in [0.2, 0.25) is 0 Å². The van der Waals surface area contributed by atoms with Crippen molar-refractivity contribution in [3.05, 3.63) is 0 Å². The van der Waals surface area contributed by atoms with Gasteiger partial charge in [-0.3, -0.25) is 0 Å². The van der Waals surface area contributed by atoms with Gasteiger partial charge in [0.1, 0.15) is 0 Å². The van der Waals surface area contributed by atoms with Crippen LogP contribution in [0.5, 0.6) is 0 Å². The van der Waals surface area contributed by atoms with Gasteiger partial charge < -0.3 is 15.0 Å². The zero-order chi connectivity index (χ0) is 11.8. The number of nitrogens with zero attached hydrogens (tertiary/aromatic N) is 1. The minimum absolute atomic E-state index is 0.747. The lowest BCUT2D eigenvalue weighted by atomic mass is 10.1. The molecule has 0 aromatic rings. The second-order valence-corrected chi connectivity index (χ2v) is 4.88. The normalized spacial score (nSPS) is 21.2. The van der Waals surface area contributed by atoms with Crippen LogP contribution in [0.3, 0.4) is 0 Å². The Kier molecular flexibility index (Phi) is 7.01. The highest BCUT2D eigenvalue weighted by Crippen LogP contribution is 2.10. The number of hydrogen-bond acceptors (Lipinski definition) is 3. The van der Waals surface area contributed by atoms with Gasteiger partial charge in [0, 0.05) is 32.3 Å². The Morgan fingerprint density at radius 1 is 1.38 bits per heavy atom. The van der Waals surface area contributed by atoms with E-state index in [1.165, 1.54) is 19.3 Å². The first-order chi connectivity index (χ1) is 7.77. The molecule has 1 fully saturated rings. The Morgan fingerprint density at radius 3 is 2.69 bits per heavy atom. The Morgan fingerprint density at radius 2 is 2.12 bits per heavy atom. The van der Waals surface area contributed by atoms with Gasteiger partial charge in [0.15, 0.2) is 0 Å². The van der Waals surface area contributed by atoms with Gasteiger partial charge in [-0.1, -0.05) is 13.8 Å². The molecule has 1 saturated heterocycles. The SMILES string of the molecule is CCC(CC)N(C)CCNCC1CCOC1. The first-order valence-electron chi connectivity index (χ1n) is 6.76. The second-order valence-electron chi connectivity index (χ2n) is 4.88. The third-order valence-electron chi connectivity index (χ3n) is 3.66. The summed E-state index contributed by atoms with van der Waals surface area (Å²) in [6.07, 6.45) is 3.74. The minimum atomic E-state index is 0.747. The van der Waals surface area contributed by atoms with E-state index in [9.17, 15) is 0 Å². The summed E-state index contributed by atoms with van der Waals surface area (Å²) in [6.45, 7) is 9.83. The van der Waals surface area contributed by atoms with E-state index in [4.69, 9.17) is 4.74 Å². The Hall–Kier alpha value is -0.120. The van der Waals surface area contributed by atoms with Gasteiger partial charge in [-0.25, -0.2) is 0 Å². The van der Waals surface area contributed by atoms with E-state index in [2.05, 4.69) is 31.1 Å². The van der Waals surface area contributed by atoms with E-state index in [1.54, 1.807) is 0 Å². The van der Waals surface area contributed by atoms with Crippen LogP contribution in [0.1, 0.15) is 33.1 Å². The summed E-state index contributed by atoms with van der Waals surface area (Å²) in [5, 5.41) is 3.54. The van der Waals surface area contributed by atoms with Crippen molar-refractivity contribution in [3.8, 4) is 0 Å². The third-order valence-corrected chi connectivity index (χ3v) is 3.66. The third kappa shape index (κ3) is 4.81. The van der Waals surface area contributed by atoms with Crippen LogP contribution in [0.15, 0.2) is 0 Å². The fourth-order valence-electron chi connectivity index (χ4n) is 2.40. The van der Waals surface area contributed by atoms with Crippen LogP contribution < -0.4 is 5.32 Å². The van der Waals surface area contributed by atoms with Gasteiger partial charge in [0.05, 0.1) is 6.61 Å². The highest BCUT2D eigenvalue weighted by atomic mass is 16.5. The molecular weight excluding hydrogens is 200 g/mol. The molecule has 0 spiro atoms. The Labute approximate surface area is 101 Å². The van der Waals surface area contributed by atoms with Crippen LogP contribution in [0.4, 0.5) is 0 Å². The molecule has 1 atom stereocenters. The van der Waals surface area contributed by atoms with Crippen molar-refractivity contribution < 1.29 is 4.74 Å². The van der Waals surface area contributed by atoms with Crippen LogP contribution in [0, 0.1) is 5.92 Å². The first kappa shape index (κ1) is 13.9. The number of ether oxygens (including phenoxy) is 1. The highest BCUT2D eigenvalue weighted by molar-refractivity contribution is 4.69. The number of likely N-dealkylation sites (N-methyl/N-ethyl adjacent to an activating group) is 1. The molecule has 0 radical (unpaired) electrons. The predicted molar refractivity (Wildman–Crippen MR) is 68.8 cm³/mol. The summed E-state index contributed by atoms with van der Waals surface area (Å²) in [7, 11) is 2.23. The topological polar surface area (TPSA) is 24.5 Å². The molecule has 0 saturated carbocycles. The fraction of sp³-hybridized carbons (Fsp3) is 1.00. The van der Waals surface area contributed by atoms with Crippen molar-refractivity contribution in [2.45, 2.75) is 39.2 Å². The van der Waals surface area contributed by atoms with E-state index >= 15 is 0 Å². The maximum Gasteiger partial charge on any atom is 0.0507 e. The molecule has 0 bridgehead atoms. The molecule has 0 aromatic carbocycles. The molecule has 1 rings (SSSR count). The summed E-state index contributed by atoms with van der Waals surface area (Å²) in [4.78, 5) is 2.47. The summed E-state index contributed by atoms with van der Waals surface area (Å²) >= 11 is 0. The number of hydrogen-bond donors (Lipinski definition) is 1.